The first-order valence-corrected chi connectivity index (χ1v) is 6.42. The van der Waals surface area contributed by atoms with E-state index in [1.54, 1.807) is 0 Å². The van der Waals surface area contributed by atoms with E-state index in [0.717, 1.165) is 15.6 Å². The van der Waals surface area contributed by atoms with E-state index >= 15 is 0 Å². The predicted molar refractivity (Wildman–Crippen MR) is 71.7 cm³/mol. The Hall–Kier alpha value is -0.540. The molecular weight excluding hydrogens is 266 g/mol. The molecule has 0 heterocycles. The van der Waals surface area contributed by atoms with Crippen LogP contribution in [0.15, 0.2) is 16.6 Å². The molecule has 16 heavy (non-hydrogen) atoms. The van der Waals surface area contributed by atoms with E-state index in [1.165, 1.54) is 0 Å². The van der Waals surface area contributed by atoms with Crippen molar-refractivity contribution >= 4 is 15.9 Å². The Morgan fingerprint density at radius 2 is 1.94 bits per heavy atom. The zero-order valence-electron chi connectivity index (χ0n) is 10.3. The normalized spacial score (nSPS) is 13.1. The number of aryl methyl sites for hydroxylation is 1. The summed E-state index contributed by atoms with van der Waals surface area (Å²) in [4.78, 5) is 0. The molecule has 1 aromatic rings. The standard InChI is InChI=1S/C13H20BrNO/c1-8(2)10(4)15-7-11-5-9(3)6-12(14)13(11)16/h5-6,8,10,15-16H,7H2,1-4H3. The van der Waals surface area contributed by atoms with Crippen molar-refractivity contribution in [1.82, 2.24) is 5.32 Å². The highest BCUT2D eigenvalue weighted by Gasteiger charge is 2.10. The number of phenols is 1. The molecule has 0 amide bonds. The summed E-state index contributed by atoms with van der Waals surface area (Å²) < 4.78 is 0.765. The molecule has 0 aliphatic heterocycles. The van der Waals surface area contributed by atoms with Crippen LogP contribution in [0.4, 0.5) is 0 Å². The van der Waals surface area contributed by atoms with E-state index in [4.69, 9.17) is 0 Å². The summed E-state index contributed by atoms with van der Waals surface area (Å²) in [5.41, 5.74) is 2.10. The molecule has 2 N–H and O–H groups in total. The molecule has 1 atom stereocenters. The number of hydrogen-bond donors (Lipinski definition) is 2. The third-order valence-corrected chi connectivity index (χ3v) is 3.51. The number of rotatable bonds is 4. The second-order valence-corrected chi connectivity index (χ2v) is 5.52. The van der Waals surface area contributed by atoms with E-state index in [1.807, 2.05) is 19.1 Å². The number of halogens is 1. The van der Waals surface area contributed by atoms with Gasteiger partial charge in [0.15, 0.2) is 0 Å². The van der Waals surface area contributed by atoms with Gasteiger partial charge in [-0.3, -0.25) is 0 Å². The average molecular weight is 286 g/mol. The lowest BCUT2D eigenvalue weighted by molar-refractivity contribution is 0.414. The van der Waals surface area contributed by atoms with Crippen LogP contribution < -0.4 is 5.32 Å². The minimum atomic E-state index is 0.342. The maximum absolute atomic E-state index is 9.89. The molecule has 1 unspecified atom stereocenters. The Morgan fingerprint density at radius 3 is 2.50 bits per heavy atom. The van der Waals surface area contributed by atoms with Crippen molar-refractivity contribution < 1.29 is 5.11 Å². The molecule has 0 spiro atoms. The van der Waals surface area contributed by atoms with Crippen molar-refractivity contribution in [2.45, 2.75) is 40.3 Å². The highest BCUT2D eigenvalue weighted by molar-refractivity contribution is 9.10. The van der Waals surface area contributed by atoms with Gasteiger partial charge in [-0.05, 0) is 47.3 Å². The first-order valence-electron chi connectivity index (χ1n) is 5.63. The number of nitrogens with one attached hydrogen (secondary N) is 1. The summed E-state index contributed by atoms with van der Waals surface area (Å²) in [6.45, 7) is 9.25. The van der Waals surface area contributed by atoms with Crippen LogP contribution in [0.2, 0.25) is 0 Å². The highest BCUT2D eigenvalue weighted by Crippen LogP contribution is 2.29. The summed E-state index contributed by atoms with van der Waals surface area (Å²) in [7, 11) is 0. The maximum atomic E-state index is 9.89. The predicted octanol–water partition coefficient (Wildman–Crippen LogP) is 3.60. The molecule has 0 aliphatic rings. The van der Waals surface area contributed by atoms with Gasteiger partial charge in [-0.25, -0.2) is 0 Å². The smallest absolute Gasteiger partial charge is 0.134 e. The summed E-state index contributed by atoms with van der Waals surface area (Å²) in [5, 5.41) is 13.3. The topological polar surface area (TPSA) is 32.3 Å². The van der Waals surface area contributed by atoms with E-state index in [0.29, 0.717) is 24.3 Å². The number of hydrogen-bond acceptors (Lipinski definition) is 2. The molecule has 0 radical (unpaired) electrons. The molecule has 1 rings (SSSR count). The first kappa shape index (κ1) is 13.5. The molecule has 0 aliphatic carbocycles. The van der Waals surface area contributed by atoms with E-state index in [2.05, 4.69) is 42.0 Å². The highest BCUT2D eigenvalue weighted by atomic mass is 79.9. The third-order valence-electron chi connectivity index (χ3n) is 2.90. The van der Waals surface area contributed by atoms with Crippen molar-refractivity contribution in [1.29, 1.82) is 0 Å². The molecule has 1 aromatic carbocycles. The second kappa shape index (κ2) is 5.69. The summed E-state index contributed by atoms with van der Waals surface area (Å²) in [5.74, 6) is 0.935. The van der Waals surface area contributed by atoms with Gasteiger partial charge in [0.2, 0.25) is 0 Å². The third kappa shape index (κ3) is 3.49. The van der Waals surface area contributed by atoms with Crippen LogP contribution in [-0.4, -0.2) is 11.1 Å². The van der Waals surface area contributed by atoms with Crippen LogP contribution in [0.25, 0.3) is 0 Å². The fourth-order valence-electron chi connectivity index (χ4n) is 1.45. The number of aromatic hydroxyl groups is 1. The summed E-state index contributed by atoms with van der Waals surface area (Å²) in [6, 6.07) is 4.38. The molecule has 0 bridgehead atoms. The molecule has 90 valence electrons. The Bertz CT molecular complexity index is 363. The minimum Gasteiger partial charge on any atom is -0.506 e. The van der Waals surface area contributed by atoms with Gasteiger partial charge in [-0.2, -0.15) is 0 Å². The number of benzene rings is 1. The SMILES string of the molecule is Cc1cc(Br)c(O)c(CNC(C)C(C)C)c1. The Balaban J connectivity index is 2.74. The Kier molecular flexibility index (Phi) is 4.81. The van der Waals surface area contributed by atoms with Crippen LogP contribution in [0.5, 0.6) is 5.75 Å². The molecule has 0 saturated carbocycles. The zero-order chi connectivity index (χ0) is 12.3. The minimum absolute atomic E-state index is 0.342. The van der Waals surface area contributed by atoms with E-state index in [-0.39, 0.29) is 0 Å². The Morgan fingerprint density at radius 1 is 1.31 bits per heavy atom. The van der Waals surface area contributed by atoms with E-state index < -0.39 is 0 Å². The lowest BCUT2D eigenvalue weighted by atomic mass is 10.1. The first-order chi connectivity index (χ1) is 7.41. The lowest BCUT2D eigenvalue weighted by Crippen LogP contribution is -2.30. The van der Waals surface area contributed by atoms with E-state index in [9.17, 15) is 5.11 Å². The van der Waals surface area contributed by atoms with Crippen molar-refractivity contribution in [2.24, 2.45) is 5.92 Å². The fourth-order valence-corrected chi connectivity index (χ4v) is 2.06. The molecule has 2 nitrogen and oxygen atoms in total. The van der Waals surface area contributed by atoms with Crippen molar-refractivity contribution in [3.8, 4) is 5.75 Å². The quantitative estimate of drug-likeness (QED) is 0.886. The van der Waals surface area contributed by atoms with Crippen LogP contribution in [0.3, 0.4) is 0 Å². The van der Waals surface area contributed by atoms with Crippen LogP contribution in [-0.2, 0) is 6.54 Å². The monoisotopic (exact) mass is 285 g/mol. The number of phenolic OH excluding ortho intramolecular Hbond substituents is 1. The molecule has 0 aromatic heterocycles. The molecule has 3 heteroatoms. The second-order valence-electron chi connectivity index (χ2n) is 4.67. The maximum Gasteiger partial charge on any atom is 0.134 e. The molecule has 0 fully saturated rings. The van der Waals surface area contributed by atoms with Crippen LogP contribution >= 0.6 is 15.9 Å². The summed E-state index contributed by atoms with van der Waals surface area (Å²) >= 11 is 3.36. The fraction of sp³-hybridized carbons (Fsp3) is 0.538. The zero-order valence-corrected chi connectivity index (χ0v) is 11.9. The largest absolute Gasteiger partial charge is 0.506 e. The lowest BCUT2D eigenvalue weighted by Gasteiger charge is -2.18. The van der Waals surface area contributed by atoms with Crippen molar-refractivity contribution in [2.75, 3.05) is 0 Å². The van der Waals surface area contributed by atoms with Crippen LogP contribution in [0, 0.1) is 12.8 Å². The molecular formula is C13H20BrNO. The van der Waals surface area contributed by atoms with Gasteiger partial charge in [0.25, 0.3) is 0 Å². The summed E-state index contributed by atoms with van der Waals surface area (Å²) in [6.07, 6.45) is 0. The van der Waals surface area contributed by atoms with Gasteiger partial charge >= 0.3 is 0 Å². The van der Waals surface area contributed by atoms with Crippen LogP contribution in [0.1, 0.15) is 31.9 Å². The van der Waals surface area contributed by atoms with Gasteiger partial charge in [0.05, 0.1) is 4.47 Å². The van der Waals surface area contributed by atoms with Gasteiger partial charge in [-0.1, -0.05) is 19.9 Å². The van der Waals surface area contributed by atoms with Gasteiger partial charge < -0.3 is 10.4 Å². The van der Waals surface area contributed by atoms with Crippen molar-refractivity contribution in [3.05, 3.63) is 27.7 Å². The molecule has 0 saturated heterocycles. The van der Waals surface area contributed by atoms with Gasteiger partial charge in [0.1, 0.15) is 5.75 Å². The average Bonchev–Trinajstić information content (AvgIpc) is 2.20. The Labute approximate surface area is 106 Å². The van der Waals surface area contributed by atoms with Gasteiger partial charge in [0, 0.05) is 18.2 Å². The van der Waals surface area contributed by atoms with Gasteiger partial charge in [-0.15, -0.1) is 0 Å². The van der Waals surface area contributed by atoms with Crippen molar-refractivity contribution in [3.63, 3.8) is 0 Å².